The van der Waals surface area contributed by atoms with Gasteiger partial charge in [0.15, 0.2) is 0 Å². The number of halogens is 1. The van der Waals surface area contributed by atoms with Gasteiger partial charge in [-0.25, -0.2) is 0 Å². The van der Waals surface area contributed by atoms with Crippen molar-refractivity contribution in [1.82, 2.24) is 19.9 Å². The molecule has 1 aromatic rings. The van der Waals surface area contributed by atoms with E-state index >= 15 is 0 Å². The summed E-state index contributed by atoms with van der Waals surface area (Å²) in [5.41, 5.74) is 0. The molecule has 0 fully saturated rings. The third-order valence-electron chi connectivity index (χ3n) is 1.84. The maximum Gasteiger partial charge on any atom is 0.322 e. The smallest absolute Gasteiger partial charge is 0.322 e. The van der Waals surface area contributed by atoms with Crippen LogP contribution < -0.4 is 10.1 Å². The summed E-state index contributed by atoms with van der Waals surface area (Å²) in [4.78, 5) is 13.8. The average molecular weight is 246 g/mol. The maximum absolute atomic E-state index is 5.70. The highest BCUT2D eigenvalue weighted by molar-refractivity contribution is 6.28. The van der Waals surface area contributed by atoms with Crippen LogP contribution in [0.5, 0.6) is 6.01 Å². The highest BCUT2D eigenvalue weighted by Crippen LogP contribution is 2.10. The van der Waals surface area contributed by atoms with Gasteiger partial charge < -0.3 is 15.0 Å². The van der Waals surface area contributed by atoms with Gasteiger partial charge in [0.2, 0.25) is 11.2 Å². The molecule has 0 aliphatic rings. The lowest BCUT2D eigenvalue weighted by molar-refractivity contribution is 0.378. The summed E-state index contributed by atoms with van der Waals surface area (Å²) in [5.74, 6) is 0.440. The molecule has 0 spiro atoms. The van der Waals surface area contributed by atoms with Crippen LogP contribution in [0.4, 0.5) is 5.95 Å². The van der Waals surface area contributed by atoms with Crippen molar-refractivity contribution in [2.75, 3.05) is 39.6 Å². The molecule has 1 aromatic heterocycles. The molecule has 0 aliphatic carbocycles. The molecule has 1 N–H and O–H groups in total. The summed E-state index contributed by atoms with van der Waals surface area (Å²) in [6, 6.07) is 0.218. The van der Waals surface area contributed by atoms with Gasteiger partial charge in [0, 0.05) is 6.54 Å². The second-order valence-electron chi connectivity index (χ2n) is 3.50. The Hall–Kier alpha value is -1.14. The molecule has 0 atom stereocenters. The summed E-state index contributed by atoms with van der Waals surface area (Å²) in [6.07, 6.45) is 0.999. The first kappa shape index (κ1) is 12.9. The van der Waals surface area contributed by atoms with Crippen LogP contribution in [-0.2, 0) is 0 Å². The third kappa shape index (κ3) is 4.59. The number of hydrogen-bond donors (Lipinski definition) is 1. The van der Waals surface area contributed by atoms with Gasteiger partial charge in [-0.15, -0.1) is 0 Å². The van der Waals surface area contributed by atoms with Crippen LogP contribution in [0, 0.1) is 0 Å². The zero-order chi connectivity index (χ0) is 12.0. The Balaban J connectivity index is 2.44. The van der Waals surface area contributed by atoms with Gasteiger partial charge in [-0.05, 0) is 38.7 Å². The number of nitrogens with one attached hydrogen (secondary N) is 1. The lowest BCUT2D eigenvalue weighted by Crippen LogP contribution is -2.17. The van der Waals surface area contributed by atoms with Crippen molar-refractivity contribution < 1.29 is 4.74 Å². The largest absolute Gasteiger partial charge is 0.467 e. The molecule has 0 unspecified atom stereocenters. The normalized spacial score (nSPS) is 10.6. The molecule has 1 heterocycles. The standard InChI is InChI=1S/C9H16ClN5O/c1-15(2)6-4-5-11-8-12-7(10)13-9(14-8)16-3/h4-6H2,1-3H3,(H,11,12,13,14). The number of aromatic nitrogens is 3. The average Bonchev–Trinajstić information content (AvgIpc) is 2.23. The van der Waals surface area contributed by atoms with Crippen molar-refractivity contribution in [1.29, 1.82) is 0 Å². The Morgan fingerprint density at radius 3 is 2.69 bits per heavy atom. The van der Waals surface area contributed by atoms with E-state index in [4.69, 9.17) is 16.3 Å². The molecular formula is C9H16ClN5O. The van der Waals surface area contributed by atoms with Crippen LogP contribution in [0.15, 0.2) is 0 Å². The lowest BCUT2D eigenvalue weighted by atomic mass is 10.4. The minimum atomic E-state index is 0.127. The van der Waals surface area contributed by atoms with Crippen molar-refractivity contribution in [3.63, 3.8) is 0 Å². The fourth-order valence-corrected chi connectivity index (χ4v) is 1.25. The number of ether oxygens (including phenoxy) is 1. The molecule has 6 nitrogen and oxygen atoms in total. The molecule has 0 aromatic carbocycles. The summed E-state index contributed by atoms with van der Waals surface area (Å²) in [6.45, 7) is 1.78. The highest BCUT2D eigenvalue weighted by atomic mass is 35.5. The van der Waals surface area contributed by atoms with Gasteiger partial charge in [-0.3, -0.25) is 0 Å². The van der Waals surface area contributed by atoms with E-state index in [1.165, 1.54) is 7.11 Å². The monoisotopic (exact) mass is 245 g/mol. The van der Waals surface area contributed by atoms with Crippen LogP contribution >= 0.6 is 11.6 Å². The van der Waals surface area contributed by atoms with E-state index in [1.807, 2.05) is 14.1 Å². The predicted molar refractivity (Wildman–Crippen MR) is 63.0 cm³/mol. The lowest BCUT2D eigenvalue weighted by Gasteiger charge is -2.09. The van der Waals surface area contributed by atoms with E-state index in [1.54, 1.807) is 0 Å². The van der Waals surface area contributed by atoms with Gasteiger partial charge in [0.05, 0.1) is 7.11 Å². The SMILES string of the molecule is COc1nc(Cl)nc(NCCCN(C)C)n1. The van der Waals surface area contributed by atoms with E-state index in [2.05, 4.69) is 25.2 Å². The van der Waals surface area contributed by atoms with Crippen molar-refractivity contribution >= 4 is 17.5 Å². The van der Waals surface area contributed by atoms with E-state index in [9.17, 15) is 0 Å². The molecule has 0 bridgehead atoms. The summed E-state index contributed by atoms with van der Waals surface area (Å²) < 4.78 is 4.89. The molecule has 16 heavy (non-hydrogen) atoms. The first-order valence-electron chi connectivity index (χ1n) is 4.96. The van der Waals surface area contributed by atoms with E-state index in [0.717, 1.165) is 19.5 Å². The number of methoxy groups -OCH3 is 1. The predicted octanol–water partition coefficient (Wildman–Crippen LogP) is 0.897. The fraction of sp³-hybridized carbons (Fsp3) is 0.667. The topological polar surface area (TPSA) is 63.2 Å². The van der Waals surface area contributed by atoms with Gasteiger partial charge >= 0.3 is 6.01 Å². The number of anilines is 1. The third-order valence-corrected chi connectivity index (χ3v) is 2.00. The quantitative estimate of drug-likeness (QED) is 0.752. The van der Waals surface area contributed by atoms with Crippen molar-refractivity contribution in [2.24, 2.45) is 0 Å². The first-order valence-corrected chi connectivity index (χ1v) is 5.34. The van der Waals surface area contributed by atoms with E-state index < -0.39 is 0 Å². The second kappa shape index (κ2) is 6.44. The number of rotatable bonds is 6. The van der Waals surface area contributed by atoms with Crippen LogP contribution in [0.2, 0.25) is 5.28 Å². The summed E-state index contributed by atoms with van der Waals surface area (Å²) >= 11 is 5.70. The summed E-state index contributed by atoms with van der Waals surface area (Å²) in [7, 11) is 5.55. The molecule has 0 aliphatic heterocycles. The number of hydrogen-bond acceptors (Lipinski definition) is 6. The maximum atomic E-state index is 5.70. The minimum absolute atomic E-state index is 0.127. The Kier molecular flexibility index (Phi) is 5.21. The first-order chi connectivity index (χ1) is 7.61. The van der Waals surface area contributed by atoms with Crippen LogP contribution in [0.25, 0.3) is 0 Å². The second-order valence-corrected chi connectivity index (χ2v) is 3.84. The Labute approximate surface area is 100 Å². The Bertz CT molecular complexity index is 334. The molecule has 0 amide bonds. The van der Waals surface area contributed by atoms with Crippen LogP contribution in [0.1, 0.15) is 6.42 Å². The van der Waals surface area contributed by atoms with E-state index in [0.29, 0.717) is 5.95 Å². The molecule has 0 radical (unpaired) electrons. The van der Waals surface area contributed by atoms with Crippen LogP contribution in [-0.4, -0.2) is 54.1 Å². The van der Waals surface area contributed by atoms with Gasteiger partial charge in [0.25, 0.3) is 0 Å². The molecular weight excluding hydrogens is 230 g/mol. The fourth-order valence-electron chi connectivity index (χ4n) is 1.10. The number of nitrogens with zero attached hydrogens (tertiary/aromatic N) is 4. The minimum Gasteiger partial charge on any atom is -0.467 e. The molecule has 0 saturated carbocycles. The zero-order valence-electron chi connectivity index (χ0n) is 9.70. The van der Waals surface area contributed by atoms with Crippen molar-refractivity contribution in [2.45, 2.75) is 6.42 Å². The molecule has 90 valence electrons. The Morgan fingerprint density at radius 1 is 1.31 bits per heavy atom. The van der Waals surface area contributed by atoms with Gasteiger partial charge in [-0.2, -0.15) is 15.0 Å². The van der Waals surface area contributed by atoms with Crippen molar-refractivity contribution in [3.05, 3.63) is 5.28 Å². The highest BCUT2D eigenvalue weighted by Gasteiger charge is 2.03. The van der Waals surface area contributed by atoms with Crippen LogP contribution in [0.3, 0.4) is 0 Å². The molecule has 7 heteroatoms. The van der Waals surface area contributed by atoms with E-state index in [-0.39, 0.29) is 11.3 Å². The summed E-state index contributed by atoms with van der Waals surface area (Å²) in [5, 5.41) is 3.19. The van der Waals surface area contributed by atoms with Crippen molar-refractivity contribution in [3.8, 4) is 6.01 Å². The Morgan fingerprint density at radius 2 is 2.06 bits per heavy atom. The molecule has 0 saturated heterocycles. The van der Waals surface area contributed by atoms with Gasteiger partial charge in [0.1, 0.15) is 0 Å². The zero-order valence-corrected chi connectivity index (χ0v) is 10.5. The molecule has 1 rings (SSSR count). The van der Waals surface area contributed by atoms with Gasteiger partial charge in [-0.1, -0.05) is 0 Å².